The van der Waals surface area contributed by atoms with Crippen molar-refractivity contribution in [2.24, 2.45) is 5.92 Å². The highest BCUT2D eigenvalue weighted by Crippen LogP contribution is 2.13. The normalized spacial score (nSPS) is 10.8. The maximum Gasteiger partial charge on any atom is 0.133 e. The largest absolute Gasteiger partial charge is 0.300 e. The predicted molar refractivity (Wildman–Crippen MR) is 63.9 cm³/mol. The van der Waals surface area contributed by atoms with Crippen molar-refractivity contribution in [2.45, 2.75) is 40.0 Å². The number of ketones is 1. The Hall–Kier alpha value is -1.18. The Kier molecular flexibility index (Phi) is 4.66. The second-order valence-corrected chi connectivity index (χ2v) is 4.71. The molecule has 1 aromatic carbocycles. The van der Waals surface area contributed by atoms with Gasteiger partial charge in [0.15, 0.2) is 0 Å². The zero-order valence-corrected chi connectivity index (χ0v) is 10.2. The lowest BCUT2D eigenvalue weighted by Gasteiger charge is -2.06. The third kappa shape index (κ3) is 4.13. The number of Topliss-reactive ketones (excluding diaryl/α,β-unsaturated/α-hetero) is 1. The van der Waals surface area contributed by atoms with Gasteiger partial charge in [0, 0.05) is 12.8 Å². The Morgan fingerprint density at radius 3 is 2.62 bits per heavy atom. The van der Waals surface area contributed by atoms with E-state index in [1.807, 2.05) is 20.8 Å². The molecule has 0 fully saturated rings. The minimum atomic E-state index is -0.213. The Labute approximate surface area is 96.7 Å². The minimum Gasteiger partial charge on any atom is -0.300 e. The summed E-state index contributed by atoms with van der Waals surface area (Å²) in [5.74, 6) is 0.496. The molecule has 0 saturated carbocycles. The molecule has 1 rings (SSSR count). The van der Waals surface area contributed by atoms with Crippen LogP contribution in [0.1, 0.15) is 37.8 Å². The fourth-order valence-electron chi connectivity index (χ4n) is 1.77. The molecule has 0 aliphatic heterocycles. The summed E-state index contributed by atoms with van der Waals surface area (Å²) < 4.78 is 12.9. The number of hydrogen-bond donors (Lipinski definition) is 0. The van der Waals surface area contributed by atoms with E-state index in [0.717, 1.165) is 17.5 Å². The molecule has 0 aliphatic carbocycles. The van der Waals surface area contributed by atoms with Gasteiger partial charge in [-0.05, 0) is 42.5 Å². The van der Waals surface area contributed by atoms with Gasteiger partial charge in [0.25, 0.3) is 0 Å². The highest BCUT2D eigenvalue weighted by atomic mass is 19.1. The van der Waals surface area contributed by atoms with Crippen molar-refractivity contribution in [2.75, 3.05) is 0 Å². The second-order valence-electron chi connectivity index (χ2n) is 4.71. The van der Waals surface area contributed by atoms with Gasteiger partial charge in [0.05, 0.1) is 0 Å². The van der Waals surface area contributed by atoms with E-state index < -0.39 is 0 Å². The van der Waals surface area contributed by atoms with Crippen LogP contribution in [0.3, 0.4) is 0 Å². The molecule has 0 unspecified atom stereocenters. The Balaban J connectivity index is 2.51. The Morgan fingerprint density at radius 2 is 2.06 bits per heavy atom. The summed E-state index contributed by atoms with van der Waals surface area (Å²) in [5, 5.41) is 0. The number of carbonyl (C=O) groups excluding carboxylic acids is 1. The summed E-state index contributed by atoms with van der Waals surface area (Å²) in [4.78, 5) is 11.5. The maximum absolute atomic E-state index is 12.9. The molecule has 2 heteroatoms. The molecule has 0 heterocycles. The zero-order valence-electron chi connectivity index (χ0n) is 10.2. The van der Waals surface area contributed by atoms with E-state index in [1.54, 1.807) is 6.07 Å². The van der Waals surface area contributed by atoms with Crippen LogP contribution >= 0.6 is 0 Å². The van der Waals surface area contributed by atoms with E-state index in [2.05, 4.69) is 0 Å². The molecule has 0 saturated heterocycles. The van der Waals surface area contributed by atoms with Gasteiger partial charge in [-0.3, -0.25) is 4.79 Å². The second kappa shape index (κ2) is 5.78. The van der Waals surface area contributed by atoms with Gasteiger partial charge < -0.3 is 0 Å². The summed E-state index contributed by atoms with van der Waals surface area (Å²) >= 11 is 0. The lowest BCUT2D eigenvalue weighted by molar-refractivity contribution is -0.119. The quantitative estimate of drug-likeness (QED) is 0.742. The Bertz CT molecular complexity index is 369. The van der Waals surface area contributed by atoms with Crippen molar-refractivity contribution in [1.82, 2.24) is 0 Å². The standard InChI is InChI=1S/C14H19FO/c1-10(2)8-14(16)7-5-12-4-6-13(15)9-11(12)3/h4,6,9-10H,5,7-8H2,1-3H3. The molecule has 0 bridgehead atoms. The topological polar surface area (TPSA) is 17.1 Å². The molecular formula is C14H19FO. The molecule has 0 aliphatic rings. The third-order valence-electron chi connectivity index (χ3n) is 2.61. The summed E-state index contributed by atoms with van der Waals surface area (Å²) in [6, 6.07) is 4.74. The van der Waals surface area contributed by atoms with Gasteiger partial charge in [-0.15, -0.1) is 0 Å². The Morgan fingerprint density at radius 1 is 1.38 bits per heavy atom. The molecule has 0 spiro atoms. The van der Waals surface area contributed by atoms with E-state index in [-0.39, 0.29) is 5.82 Å². The molecular weight excluding hydrogens is 203 g/mol. The van der Waals surface area contributed by atoms with Gasteiger partial charge in [0.1, 0.15) is 11.6 Å². The van der Waals surface area contributed by atoms with Crippen molar-refractivity contribution in [3.05, 3.63) is 35.1 Å². The molecule has 1 aromatic rings. The highest BCUT2D eigenvalue weighted by molar-refractivity contribution is 5.78. The molecule has 1 nitrogen and oxygen atoms in total. The van der Waals surface area contributed by atoms with Crippen LogP contribution in [0.15, 0.2) is 18.2 Å². The van der Waals surface area contributed by atoms with Crippen molar-refractivity contribution in [3.63, 3.8) is 0 Å². The van der Waals surface area contributed by atoms with E-state index in [1.165, 1.54) is 12.1 Å². The molecule has 88 valence electrons. The monoisotopic (exact) mass is 222 g/mol. The van der Waals surface area contributed by atoms with Crippen LogP contribution in [-0.2, 0) is 11.2 Å². The number of benzene rings is 1. The molecule has 0 amide bonds. The fraction of sp³-hybridized carbons (Fsp3) is 0.500. The average Bonchev–Trinajstić information content (AvgIpc) is 2.15. The lowest BCUT2D eigenvalue weighted by Crippen LogP contribution is -2.04. The van der Waals surface area contributed by atoms with Crippen LogP contribution in [0.25, 0.3) is 0 Å². The molecule has 0 aromatic heterocycles. The number of aryl methyl sites for hydroxylation is 2. The number of halogens is 1. The lowest BCUT2D eigenvalue weighted by atomic mass is 9.99. The van der Waals surface area contributed by atoms with Gasteiger partial charge >= 0.3 is 0 Å². The van der Waals surface area contributed by atoms with Crippen LogP contribution in [0.5, 0.6) is 0 Å². The van der Waals surface area contributed by atoms with E-state index >= 15 is 0 Å². The van der Waals surface area contributed by atoms with Gasteiger partial charge in [-0.25, -0.2) is 4.39 Å². The van der Waals surface area contributed by atoms with Gasteiger partial charge in [-0.2, -0.15) is 0 Å². The van der Waals surface area contributed by atoms with E-state index in [0.29, 0.717) is 24.5 Å². The summed E-state index contributed by atoms with van der Waals surface area (Å²) in [5.41, 5.74) is 2.00. The highest BCUT2D eigenvalue weighted by Gasteiger charge is 2.07. The average molecular weight is 222 g/mol. The van der Waals surface area contributed by atoms with Crippen molar-refractivity contribution < 1.29 is 9.18 Å². The number of rotatable bonds is 5. The molecule has 16 heavy (non-hydrogen) atoms. The molecule has 0 N–H and O–H groups in total. The van der Waals surface area contributed by atoms with Crippen LogP contribution in [0.2, 0.25) is 0 Å². The molecule has 0 radical (unpaired) electrons. The molecule has 0 atom stereocenters. The van der Waals surface area contributed by atoms with Gasteiger partial charge in [-0.1, -0.05) is 19.9 Å². The van der Waals surface area contributed by atoms with Crippen molar-refractivity contribution in [1.29, 1.82) is 0 Å². The first-order chi connectivity index (χ1) is 7.49. The van der Waals surface area contributed by atoms with Crippen molar-refractivity contribution >= 4 is 5.78 Å². The third-order valence-corrected chi connectivity index (χ3v) is 2.61. The van der Waals surface area contributed by atoms with Crippen LogP contribution in [0.4, 0.5) is 4.39 Å². The van der Waals surface area contributed by atoms with Crippen LogP contribution in [-0.4, -0.2) is 5.78 Å². The van der Waals surface area contributed by atoms with Crippen molar-refractivity contribution in [3.8, 4) is 0 Å². The van der Waals surface area contributed by atoms with Crippen LogP contribution in [0, 0.1) is 18.7 Å². The fourth-order valence-corrected chi connectivity index (χ4v) is 1.77. The summed E-state index contributed by atoms with van der Waals surface area (Å²) in [6.07, 6.45) is 1.92. The van der Waals surface area contributed by atoms with E-state index in [9.17, 15) is 9.18 Å². The van der Waals surface area contributed by atoms with E-state index in [4.69, 9.17) is 0 Å². The summed E-state index contributed by atoms with van der Waals surface area (Å²) in [6.45, 7) is 5.97. The first-order valence-electron chi connectivity index (χ1n) is 5.75. The number of carbonyl (C=O) groups is 1. The first-order valence-corrected chi connectivity index (χ1v) is 5.75. The predicted octanol–water partition coefficient (Wildman–Crippen LogP) is 3.68. The van der Waals surface area contributed by atoms with Gasteiger partial charge in [0.2, 0.25) is 0 Å². The number of hydrogen-bond acceptors (Lipinski definition) is 1. The SMILES string of the molecule is Cc1cc(F)ccc1CCC(=O)CC(C)C. The maximum atomic E-state index is 12.9. The van der Waals surface area contributed by atoms with Crippen LogP contribution < -0.4 is 0 Å². The summed E-state index contributed by atoms with van der Waals surface area (Å²) in [7, 11) is 0. The minimum absolute atomic E-state index is 0.213. The zero-order chi connectivity index (χ0) is 12.1. The smallest absolute Gasteiger partial charge is 0.133 e. The first kappa shape index (κ1) is 12.9.